The lowest BCUT2D eigenvalue weighted by Gasteiger charge is -2.27. The predicted octanol–water partition coefficient (Wildman–Crippen LogP) is 4.51. The lowest BCUT2D eigenvalue weighted by molar-refractivity contribution is -0.393. The van der Waals surface area contributed by atoms with Gasteiger partial charge in [0.1, 0.15) is 5.69 Å². The summed E-state index contributed by atoms with van der Waals surface area (Å²) in [6.45, 7) is 4.03. The van der Waals surface area contributed by atoms with Crippen LogP contribution in [0.2, 0.25) is 0 Å². The van der Waals surface area contributed by atoms with Crippen LogP contribution in [0.1, 0.15) is 46.0 Å². The highest BCUT2D eigenvalue weighted by Crippen LogP contribution is 2.31. The Labute approximate surface area is 140 Å². The second kappa shape index (κ2) is 7.85. The Bertz CT molecular complexity index is 653. The van der Waals surface area contributed by atoms with Crippen LogP contribution in [0.5, 0.6) is 0 Å². The monoisotopic (exact) mass is 334 g/mol. The van der Waals surface area contributed by atoms with Crippen LogP contribution in [0.3, 0.4) is 0 Å². The van der Waals surface area contributed by atoms with Crippen molar-refractivity contribution in [3.63, 3.8) is 0 Å². The van der Waals surface area contributed by atoms with Gasteiger partial charge in [-0.2, -0.15) is 5.10 Å². The molecule has 0 spiro atoms. The molecule has 1 N–H and O–H groups in total. The van der Waals surface area contributed by atoms with Gasteiger partial charge < -0.3 is 0 Å². The number of nitro groups is 2. The fourth-order valence-electron chi connectivity index (χ4n) is 3.10. The molecule has 0 heterocycles. The van der Waals surface area contributed by atoms with Crippen LogP contribution < -0.4 is 5.43 Å². The SMILES string of the molecule is CC(=NNc1ccc([N+](=O)[O-])cc1[N+](=O)[O-])C(C)C1CCCCC1. The van der Waals surface area contributed by atoms with Crippen molar-refractivity contribution in [2.45, 2.75) is 46.0 Å². The van der Waals surface area contributed by atoms with E-state index in [-0.39, 0.29) is 17.1 Å². The summed E-state index contributed by atoms with van der Waals surface area (Å²) in [5, 5.41) is 26.1. The first-order valence-corrected chi connectivity index (χ1v) is 8.13. The van der Waals surface area contributed by atoms with Gasteiger partial charge in [0.15, 0.2) is 0 Å². The number of rotatable bonds is 6. The van der Waals surface area contributed by atoms with Crippen molar-refractivity contribution in [2.75, 3.05) is 5.43 Å². The van der Waals surface area contributed by atoms with Crippen molar-refractivity contribution in [2.24, 2.45) is 16.9 Å². The molecule has 1 atom stereocenters. The van der Waals surface area contributed by atoms with Crippen molar-refractivity contribution < 1.29 is 9.85 Å². The average Bonchev–Trinajstić information content (AvgIpc) is 2.59. The highest BCUT2D eigenvalue weighted by atomic mass is 16.6. The Morgan fingerprint density at radius 2 is 1.88 bits per heavy atom. The van der Waals surface area contributed by atoms with Gasteiger partial charge in [0.25, 0.3) is 5.69 Å². The van der Waals surface area contributed by atoms with E-state index in [0.717, 1.165) is 11.8 Å². The van der Waals surface area contributed by atoms with E-state index in [9.17, 15) is 20.2 Å². The number of nitrogens with one attached hydrogen (secondary N) is 1. The Balaban J connectivity index is 2.14. The van der Waals surface area contributed by atoms with E-state index < -0.39 is 9.85 Å². The van der Waals surface area contributed by atoms with E-state index in [1.54, 1.807) is 0 Å². The highest BCUT2D eigenvalue weighted by molar-refractivity contribution is 5.85. The molecule has 1 aliphatic rings. The molecule has 1 aromatic rings. The van der Waals surface area contributed by atoms with E-state index in [2.05, 4.69) is 17.5 Å². The standard InChI is InChI=1S/C16H22N4O4/c1-11(13-6-4-3-5-7-13)12(2)17-18-15-9-8-14(19(21)22)10-16(15)20(23)24/h8-11,13,18H,3-7H2,1-2H3. The zero-order valence-electron chi connectivity index (χ0n) is 13.9. The summed E-state index contributed by atoms with van der Waals surface area (Å²) in [6.07, 6.45) is 6.14. The lowest BCUT2D eigenvalue weighted by Crippen LogP contribution is -2.22. The van der Waals surface area contributed by atoms with E-state index in [1.165, 1.54) is 44.2 Å². The molecule has 2 rings (SSSR count). The van der Waals surface area contributed by atoms with Gasteiger partial charge >= 0.3 is 5.69 Å². The lowest BCUT2D eigenvalue weighted by atomic mass is 9.79. The van der Waals surface area contributed by atoms with Gasteiger partial charge in [-0.25, -0.2) is 0 Å². The second-order valence-corrected chi connectivity index (χ2v) is 6.27. The minimum Gasteiger partial charge on any atom is -0.272 e. The summed E-state index contributed by atoms with van der Waals surface area (Å²) in [5.74, 6) is 0.894. The molecule has 130 valence electrons. The molecule has 0 radical (unpaired) electrons. The van der Waals surface area contributed by atoms with Crippen LogP contribution in [0.4, 0.5) is 17.1 Å². The Hall–Kier alpha value is -2.51. The molecule has 24 heavy (non-hydrogen) atoms. The summed E-state index contributed by atoms with van der Waals surface area (Å²) >= 11 is 0. The maximum absolute atomic E-state index is 11.1. The number of hydrogen-bond donors (Lipinski definition) is 1. The first kappa shape index (κ1) is 17.8. The molecule has 1 fully saturated rings. The van der Waals surface area contributed by atoms with Gasteiger partial charge in [-0.1, -0.05) is 26.2 Å². The third kappa shape index (κ3) is 4.27. The Morgan fingerprint density at radius 3 is 2.46 bits per heavy atom. The van der Waals surface area contributed by atoms with Gasteiger partial charge in [-0.15, -0.1) is 0 Å². The zero-order valence-corrected chi connectivity index (χ0v) is 13.9. The minimum atomic E-state index is -0.656. The Morgan fingerprint density at radius 1 is 1.21 bits per heavy atom. The third-order valence-corrected chi connectivity index (χ3v) is 4.76. The van der Waals surface area contributed by atoms with Gasteiger partial charge in [0, 0.05) is 11.8 Å². The van der Waals surface area contributed by atoms with Gasteiger partial charge in [-0.05, 0) is 37.7 Å². The third-order valence-electron chi connectivity index (χ3n) is 4.76. The number of nitro benzene ring substituents is 2. The number of hydrogen-bond acceptors (Lipinski definition) is 6. The summed E-state index contributed by atoms with van der Waals surface area (Å²) in [5.41, 5.74) is 3.07. The first-order chi connectivity index (χ1) is 11.4. The van der Waals surface area contributed by atoms with Crippen molar-refractivity contribution in [1.82, 2.24) is 0 Å². The minimum absolute atomic E-state index is 0.154. The summed E-state index contributed by atoms with van der Waals surface area (Å²) in [6, 6.07) is 3.49. The predicted molar refractivity (Wildman–Crippen MR) is 92.2 cm³/mol. The van der Waals surface area contributed by atoms with Crippen LogP contribution in [-0.4, -0.2) is 15.6 Å². The number of hydrazone groups is 1. The van der Waals surface area contributed by atoms with Crippen LogP contribution >= 0.6 is 0 Å². The smallest absolute Gasteiger partial charge is 0.272 e. The molecule has 1 saturated carbocycles. The average molecular weight is 334 g/mol. The summed E-state index contributed by atoms with van der Waals surface area (Å²) in [7, 11) is 0. The van der Waals surface area contributed by atoms with E-state index in [1.807, 2.05) is 6.92 Å². The maximum atomic E-state index is 11.1. The van der Waals surface area contributed by atoms with Crippen molar-refractivity contribution in [3.8, 4) is 0 Å². The van der Waals surface area contributed by atoms with Gasteiger partial charge in [0.05, 0.1) is 15.9 Å². The first-order valence-electron chi connectivity index (χ1n) is 8.13. The largest absolute Gasteiger partial charge is 0.301 e. The van der Waals surface area contributed by atoms with E-state index in [4.69, 9.17) is 0 Å². The number of non-ortho nitro benzene ring substituents is 1. The molecule has 1 aromatic carbocycles. The molecule has 8 heteroatoms. The fraction of sp³-hybridized carbons (Fsp3) is 0.562. The summed E-state index contributed by atoms with van der Waals surface area (Å²) in [4.78, 5) is 20.6. The van der Waals surface area contributed by atoms with Crippen LogP contribution in [0.25, 0.3) is 0 Å². The van der Waals surface area contributed by atoms with Crippen LogP contribution in [-0.2, 0) is 0 Å². The van der Waals surface area contributed by atoms with Crippen LogP contribution in [0, 0.1) is 32.1 Å². The number of benzene rings is 1. The maximum Gasteiger partial charge on any atom is 0.301 e. The highest BCUT2D eigenvalue weighted by Gasteiger charge is 2.23. The molecule has 0 bridgehead atoms. The molecule has 0 amide bonds. The van der Waals surface area contributed by atoms with Crippen molar-refractivity contribution in [1.29, 1.82) is 0 Å². The Kier molecular flexibility index (Phi) is 5.83. The number of nitrogens with zero attached hydrogens (tertiary/aromatic N) is 3. The van der Waals surface area contributed by atoms with Gasteiger partial charge in [-0.3, -0.25) is 25.7 Å². The molecule has 0 aromatic heterocycles. The van der Waals surface area contributed by atoms with Crippen LogP contribution in [0.15, 0.2) is 23.3 Å². The normalized spacial score (nSPS) is 17.3. The van der Waals surface area contributed by atoms with E-state index >= 15 is 0 Å². The molecule has 8 nitrogen and oxygen atoms in total. The second-order valence-electron chi connectivity index (χ2n) is 6.27. The fourth-order valence-corrected chi connectivity index (χ4v) is 3.10. The molecule has 1 aliphatic carbocycles. The topological polar surface area (TPSA) is 111 Å². The molecule has 0 saturated heterocycles. The molecular weight excluding hydrogens is 312 g/mol. The molecule has 0 aliphatic heterocycles. The van der Waals surface area contributed by atoms with Crippen molar-refractivity contribution in [3.05, 3.63) is 38.4 Å². The summed E-state index contributed by atoms with van der Waals surface area (Å²) < 4.78 is 0. The molecule has 1 unspecified atom stereocenters. The molecular formula is C16H22N4O4. The van der Waals surface area contributed by atoms with Gasteiger partial charge in [0.2, 0.25) is 0 Å². The quantitative estimate of drug-likeness (QED) is 0.467. The van der Waals surface area contributed by atoms with E-state index in [0.29, 0.717) is 11.8 Å². The van der Waals surface area contributed by atoms with Crippen molar-refractivity contribution >= 4 is 22.8 Å². The zero-order chi connectivity index (χ0) is 17.7. The number of anilines is 1.